The molecule has 1 aromatic carbocycles. The van der Waals surface area contributed by atoms with Crippen LogP contribution in [0.1, 0.15) is 17.3 Å². The van der Waals surface area contributed by atoms with E-state index in [1.54, 1.807) is 29.3 Å². The molecule has 0 saturated carbocycles. The Labute approximate surface area is 117 Å². The lowest BCUT2D eigenvalue weighted by Crippen LogP contribution is -2.37. The number of nitrogens with zero attached hydrogens (tertiary/aromatic N) is 1. The van der Waals surface area contributed by atoms with Gasteiger partial charge in [0.2, 0.25) is 0 Å². The Morgan fingerprint density at radius 2 is 1.85 bits per heavy atom. The Bertz CT molecular complexity index is 415. The highest BCUT2D eigenvalue weighted by atomic mass is 16.7. The number of morpholine rings is 1. The summed E-state index contributed by atoms with van der Waals surface area (Å²) in [6.07, 6.45) is 0. The molecular formula is C14H19NO5. The second-order valence-electron chi connectivity index (χ2n) is 4.07. The van der Waals surface area contributed by atoms with Gasteiger partial charge in [0.1, 0.15) is 6.61 Å². The van der Waals surface area contributed by atoms with Crippen LogP contribution in [0, 0.1) is 0 Å². The molecular weight excluding hydrogens is 262 g/mol. The van der Waals surface area contributed by atoms with Crippen molar-refractivity contribution in [2.24, 2.45) is 0 Å². The molecule has 6 nitrogen and oxygen atoms in total. The third kappa shape index (κ3) is 6.42. The molecule has 6 heteroatoms. The van der Waals surface area contributed by atoms with Crippen LogP contribution in [0.5, 0.6) is 0 Å². The number of ketones is 1. The molecule has 0 unspecified atom stereocenters. The van der Waals surface area contributed by atoms with E-state index in [9.17, 15) is 9.59 Å². The standard InChI is InChI=1S/C8H8O2.C6H11NO3/c9-6-8(10)7-4-2-1-3-5-7;1-6(8)10-7-2-4-9-5-3-7/h1-5,9H,6H2;2-5H2,1H3. The first-order chi connectivity index (χ1) is 9.63. The first-order valence-electron chi connectivity index (χ1n) is 6.34. The van der Waals surface area contributed by atoms with E-state index >= 15 is 0 Å². The van der Waals surface area contributed by atoms with Crippen LogP contribution in [0.15, 0.2) is 30.3 Å². The van der Waals surface area contributed by atoms with Gasteiger partial charge in [0.05, 0.1) is 26.3 Å². The van der Waals surface area contributed by atoms with Crippen LogP contribution in [0.2, 0.25) is 0 Å². The lowest BCUT2D eigenvalue weighted by atomic mass is 10.1. The van der Waals surface area contributed by atoms with Gasteiger partial charge in [-0.05, 0) is 0 Å². The Morgan fingerprint density at radius 1 is 1.25 bits per heavy atom. The minimum Gasteiger partial charge on any atom is -0.388 e. The fourth-order valence-electron chi connectivity index (χ4n) is 1.54. The number of hydrogen-bond acceptors (Lipinski definition) is 6. The van der Waals surface area contributed by atoms with E-state index in [1.165, 1.54) is 6.92 Å². The average Bonchev–Trinajstić information content (AvgIpc) is 2.48. The summed E-state index contributed by atoms with van der Waals surface area (Å²) in [7, 11) is 0. The Hall–Kier alpha value is -1.76. The van der Waals surface area contributed by atoms with Crippen molar-refractivity contribution in [3.8, 4) is 0 Å². The lowest BCUT2D eigenvalue weighted by molar-refractivity contribution is -0.202. The lowest BCUT2D eigenvalue weighted by Gasteiger charge is -2.24. The summed E-state index contributed by atoms with van der Waals surface area (Å²) >= 11 is 0. The Morgan fingerprint density at radius 3 is 2.35 bits per heavy atom. The average molecular weight is 281 g/mol. The van der Waals surface area contributed by atoms with Crippen LogP contribution in [0.3, 0.4) is 0 Å². The molecule has 20 heavy (non-hydrogen) atoms. The minimum atomic E-state index is -0.413. The van der Waals surface area contributed by atoms with Gasteiger partial charge in [0, 0.05) is 12.5 Å². The molecule has 0 amide bonds. The van der Waals surface area contributed by atoms with E-state index in [1.807, 2.05) is 6.07 Å². The fourth-order valence-corrected chi connectivity index (χ4v) is 1.54. The van der Waals surface area contributed by atoms with Crippen molar-refractivity contribution in [3.05, 3.63) is 35.9 Å². The van der Waals surface area contributed by atoms with Crippen LogP contribution < -0.4 is 0 Å². The normalized spacial score (nSPS) is 14.9. The molecule has 1 heterocycles. The van der Waals surface area contributed by atoms with Gasteiger partial charge in [0.15, 0.2) is 5.78 Å². The van der Waals surface area contributed by atoms with Gasteiger partial charge in [-0.15, -0.1) is 5.06 Å². The Balaban J connectivity index is 0.000000200. The van der Waals surface area contributed by atoms with Gasteiger partial charge in [0.25, 0.3) is 0 Å². The number of hydroxylamine groups is 2. The molecule has 0 aliphatic carbocycles. The van der Waals surface area contributed by atoms with Crippen LogP contribution in [0.4, 0.5) is 0 Å². The van der Waals surface area contributed by atoms with Crippen molar-refractivity contribution in [2.75, 3.05) is 32.9 Å². The second kappa shape index (κ2) is 9.19. The first-order valence-corrected chi connectivity index (χ1v) is 6.34. The van der Waals surface area contributed by atoms with Crippen molar-refractivity contribution >= 4 is 11.8 Å². The van der Waals surface area contributed by atoms with Gasteiger partial charge in [-0.3, -0.25) is 9.59 Å². The highest BCUT2D eigenvalue weighted by Crippen LogP contribution is 1.98. The molecule has 1 aliphatic heterocycles. The van der Waals surface area contributed by atoms with E-state index in [0.717, 1.165) is 0 Å². The van der Waals surface area contributed by atoms with Crippen molar-refractivity contribution in [1.82, 2.24) is 5.06 Å². The van der Waals surface area contributed by atoms with Crippen LogP contribution in [-0.2, 0) is 14.4 Å². The molecule has 1 saturated heterocycles. The monoisotopic (exact) mass is 281 g/mol. The SMILES string of the molecule is CC(=O)ON1CCOCC1.O=C(CO)c1ccccc1. The van der Waals surface area contributed by atoms with Gasteiger partial charge in [-0.25, -0.2) is 0 Å². The molecule has 0 spiro atoms. The summed E-state index contributed by atoms with van der Waals surface area (Å²) in [4.78, 5) is 26.0. The molecule has 110 valence electrons. The van der Waals surface area contributed by atoms with E-state index in [4.69, 9.17) is 14.7 Å². The zero-order valence-corrected chi connectivity index (χ0v) is 11.4. The van der Waals surface area contributed by atoms with Crippen LogP contribution in [-0.4, -0.2) is 54.8 Å². The van der Waals surface area contributed by atoms with Crippen molar-refractivity contribution in [1.29, 1.82) is 0 Å². The van der Waals surface area contributed by atoms with Gasteiger partial charge >= 0.3 is 5.97 Å². The number of carbonyl (C=O) groups excluding carboxylic acids is 2. The highest BCUT2D eigenvalue weighted by molar-refractivity contribution is 5.96. The largest absolute Gasteiger partial charge is 0.388 e. The van der Waals surface area contributed by atoms with Gasteiger partial charge < -0.3 is 14.7 Å². The zero-order valence-electron chi connectivity index (χ0n) is 11.4. The summed E-state index contributed by atoms with van der Waals surface area (Å²) in [5.74, 6) is -0.498. The van der Waals surface area contributed by atoms with Crippen LogP contribution in [0.25, 0.3) is 0 Å². The molecule has 0 aromatic heterocycles. The Kier molecular flexibility index (Phi) is 7.49. The summed E-state index contributed by atoms with van der Waals surface area (Å²) in [5.41, 5.74) is 0.560. The first kappa shape index (κ1) is 16.3. The molecule has 1 aliphatic rings. The summed E-state index contributed by atoms with van der Waals surface area (Å²) in [6.45, 7) is 3.64. The number of hydrogen-bond donors (Lipinski definition) is 1. The number of rotatable bonds is 3. The molecule has 1 aromatic rings. The molecule has 1 N–H and O–H groups in total. The molecule has 0 radical (unpaired) electrons. The second-order valence-corrected chi connectivity index (χ2v) is 4.07. The molecule has 0 atom stereocenters. The molecule has 0 bridgehead atoms. The maximum atomic E-state index is 10.8. The third-order valence-electron chi connectivity index (χ3n) is 2.47. The van der Waals surface area contributed by atoms with Crippen molar-refractivity contribution in [3.63, 3.8) is 0 Å². The van der Waals surface area contributed by atoms with E-state index in [-0.39, 0.29) is 11.8 Å². The smallest absolute Gasteiger partial charge is 0.322 e. The molecule has 1 fully saturated rings. The van der Waals surface area contributed by atoms with Gasteiger partial charge in [-0.1, -0.05) is 30.3 Å². The minimum absolute atomic E-state index is 0.236. The highest BCUT2D eigenvalue weighted by Gasteiger charge is 2.12. The van der Waals surface area contributed by atoms with Crippen LogP contribution >= 0.6 is 0 Å². The fraction of sp³-hybridized carbons (Fsp3) is 0.429. The number of Topliss-reactive ketones (excluding diaryl/α,β-unsaturated/α-hetero) is 1. The van der Waals surface area contributed by atoms with Crippen molar-refractivity contribution < 1.29 is 24.3 Å². The number of benzene rings is 1. The maximum Gasteiger partial charge on any atom is 0.322 e. The predicted molar refractivity (Wildman–Crippen MR) is 72.0 cm³/mol. The predicted octanol–water partition coefficient (Wildman–Crippen LogP) is 0.658. The number of ether oxygens (including phenoxy) is 1. The summed E-state index contributed by atoms with van der Waals surface area (Å²) < 4.78 is 5.05. The van der Waals surface area contributed by atoms with E-state index in [0.29, 0.717) is 31.9 Å². The topological polar surface area (TPSA) is 76.1 Å². The van der Waals surface area contributed by atoms with Gasteiger partial charge in [-0.2, -0.15) is 0 Å². The quantitative estimate of drug-likeness (QED) is 0.820. The maximum absolute atomic E-state index is 10.8. The number of aliphatic hydroxyl groups is 1. The van der Waals surface area contributed by atoms with Crippen molar-refractivity contribution in [2.45, 2.75) is 6.92 Å². The summed E-state index contributed by atoms with van der Waals surface area (Å²) in [6, 6.07) is 8.72. The number of carbonyl (C=O) groups is 2. The summed E-state index contributed by atoms with van der Waals surface area (Å²) in [5, 5.41) is 10.1. The third-order valence-corrected chi connectivity index (χ3v) is 2.47. The van der Waals surface area contributed by atoms with E-state index in [2.05, 4.69) is 0 Å². The number of aliphatic hydroxyl groups excluding tert-OH is 1. The van der Waals surface area contributed by atoms with E-state index < -0.39 is 6.61 Å². The zero-order chi connectivity index (χ0) is 14.8. The molecule has 2 rings (SSSR count).